The summed E-state index contributed by atoms with van der Waals surface area (Å²) in [5, 5.41) is 2.83. The molecule has 0 aromatic heterocycles. The van der Waals surface area contributed by atoms with Crippen molar-refractivity contribution in [3.05, 3.63) is 69.8 Å². The molecule has 0 radical (unpaired) electrons. The van der Waals surface area contributed by atoms with Crippen LogP contribution in [0.3, 0.4) is 0 Å². The highest BCUT2D eigenvalue weighted by Gasteiger charge is 2.40. The van der Waals surface area contributed by atoms with Gasteiger partial charge in [0, 0.05) is 12.8 Å². The molecule has 4 nitrogen and oxygen atoms in total. The van der Waals surface area contributed by atoms with E-state index in [1.165, 1.54) is 22.3 Å². The number of hydrogen-bond acceptors (Lipinski definition) is 3. The van der Waals surface area contributed by atoms with E-state index >= 15 is 0 Å². The van der Waals surface area contributed by atoms with Crippen LogP contribution >= 0.6 is 0 Å². The summed E-state index contributed by atoms with van der Waals surface area (Å²) in [6.07, 6.45) is 5.90. The lowest BCUT2D eigenvalue weighted by Crippen LogP contribution is -2.56. The summed E-state index contributed by atoms with van der Waals surface area (Å²) in [5.41, 5.74) is 6.47. The van der Waals surface area contributed by atoms with Gasteiger partial charge in [0.05, 0.1) is 6.61 Å². The van der Waals surface area contributed by atoms with E-state index in [0.717, 1.165) is 36.8 Å². The molecule has 140 valence electrons. The van der Waals surface area contributed by atoms with Crippen molar-refractivity contribution in [1.29, 1.82) is 0 Å². The van der Waals surface area contributed by atoms with Gasteiger partial charge in [0.15, 0.2) is 0 Å². The summed E-state index contributed by atoms with van der Waals surface area (Å²) < 4.78 is 5.38. The molecule has 0 unspecified atom stereocenters. The Bertz CT molecular complexity index is 830. The largest absolute Gasteiger partial charge is 0.464 e. The fourth-order valence-electron chi connectivity index (χ4n) is 4.16. The maximum atomic E-state index is 13.0. The van der Waals surface area contributed by atoms with E-state index in [1.54, 1.807) is 6.92 Å². The first-order valence-corrected chi connectivity index (χ1v) is 9.73. The molecule has 0 saturated carbocycles. The molecule has 0 bridgehead atoms. The van der Waals surface area contributed by atoms with Gasteiger partial charge in [0.1, 0.15) is 5.54 Å². The van der Waals surface area contributed by atoms with Gasteiger partial charge in [-0.2, -0.15) is 0 Å². The average molecular weight is 363 g/mol. The topological polar surface area (TPSA) is 55.4 Å². The fourth-order valence-corrected chi connectivity index (χ4v) is 4.16. The third-order valence-corrected chi connectivity index (χ3v) is 5.88. The molecule has 4 heteroatoms. The van der Waals surface area contributed by atoms with Crippen LogP contribution in [-0.2, 0) is 52.9 Å². The number of carbonyl (C=O) groups excluding carboxylic acids is 2. The predicted molar refractivity (Wildman–Crippen MR) is 104 cm³/mol. The number of amides is 1. The summed E-state index contributed by atoms with van der Waals surface area (Å²) >= 11 is 0. The van der Waals surface area contributed by atoms with E-state index in [1.807, 2.05) is 0 Å². The highest BCUT2D eigenvalue weighted by atomic mass is 16.5. The van der Waals surface area contributed by atoms with E-state index in [0.29, 0.717) is 19.3 Å². The third-order valence-electron chi connectivity index (χ3n) is 5.88. The number of hydrogen-bond donors (Lipinski definition) is 1. The zero-order valence-electron chi connectivity index (χ0n) is 15.7. The lowest BCUT2D eigenvalue weighted by Gasteiger charge is -2.32. The van der Waals surface area contributed by atoms with Crippen molar-refractivity contribution < 1.29 is 14.3 Å². The lowest BCUT2D eigenvalue weighted by molar-refractivity contribution is -0.152. The minimum atomic E-state index is -1.09. The van der Waals surface area contributed by atoms with Crippen LogP contribution in [0.4, 0.5) is 0 Å². The van der Waals surface area contributed by atoms with Crippen molar-refractivity contribution in [3.8, 4) is 0 Å². The van der Waals surface area contributed by atoms with Gasteiger partial charge in [-0.3, -0.25) is 4.79 Å². The fraction of sp³-hybridized carbons (Fsp3) is 0.391. The number of nitrogens with one attached hydrogen (secondary N) is 1. The molecule has 2 aliphatic rings. The second-order valence-corrected chi connectivity index (χ2v) is 7.62. The molecule has 2 aromatic rings. The second-order valence-electron chi connectivity index (χ2n) is 7.62. The number of benzene rings is 2. The summed E-state index contributed by atoms with van der Waals surface area (Å²) in [4.78, 5) is 24.4. The van der Waals surface area contributed by atoms with E-state index in [-0.39, 0.29) is 12.6 Å². The molecule has 1 N–H and O–H groups in total. The molecule has 0 saturated heterocycles. The maximum Gasteiger partial charge on any atom is 0.332 e. The number of aryl methyl sites for hydroxylation is 4. The molecule has 0 atom stereocenters. The van der Waals surface area contributed by atoms with Crippen LogP contribution in [-0.4, -0.2) is 24.5 Å². The van der Waals surface area contributed by atoms with Crippen molar-refractivity contribution in [2.45, 2.75) is 51.0 Å². The Labute approximate surface area is 159 Å². The first-order valence-electron chi connectivity index (χ1n) is 9.73. The van der Waals surface area contributed by atoms with Gasteiger partial charge >= 0.3 is 5.97 Å². The lowest BCUT2D eigenvalue weighted by atomic mass is 9.79. The van der Waals surface area contributed by atoms with Gasteiger partial charge in [0.25, 0.3) is 0 Å². The number of fused-ring (bicyclic) bond motifs is 2. The van der Waals surface area contributed by atoms with Crippen molar-refractivity contribution in [1.82, 2.24) is 5.32 Å². The summed E-state index contributed by atoms with van der Waals surface area (Å²) in [5.74, 6) is -0.373. The van der Waals surface area contributed by atoms with Crippen LogP contribution in [0.1, 0.15) is 40.3 Å². The van der Waals surface area contributed by atoms with E-state index in [9.17, 15) is 9.59 Å². The molecule has 27 heavy (non-hydrogen) atoms. The molecule has 4 rings (SSSR count). The summed E-state index contributed by atoms with van der Waals surface area (Å²) in [7, 11) is 0. The Hall–Kier alpha value is -2.62. The molecule has 0 fully saturated rings. The van der Waals surface area contributed by atoms with Crippen LogP contribution in [0.5, 0.6) is 0 Å². The highest BCUT2D eigenvalue weighted by Crippen LogP contribution is 2.29. The van der Waals surface area contributed by atoms with Crippen molar-refractivity contribution in [2.24, 2.45) is 0 Å². The second kappa shape index (κ2) is 7.18. The SMILES string of the molecule is CCOC(=O)C(Cc1ccc2c(c1)CC2)(Cc1ccc2c(c1)CC2)NC=O. The van der Waals surface area contributed by atoms with Crippen LogP contribution in [0, 0.1) is 0 Å². The minimum absolute atomic E-state index is 0.287. The number of rotatable bonds is 8. The van der Waals surface area contributed by atoms with Gasteiger partial charge in [-0.1, -0.05) is 36.4 Å². The van der Waals surface area contributed by atoms with Crippen LogP contribution < -0.4 is 5.32 Å². The van der Waals surface area contributed by atoms with Crippen LogP contribution in [0.2, 0.25) is 0 Å². The quantitative estimate of drug-likeness (QED) is 0.580. The normalized spacial score (nSPS) is 14.3. The number of esters is 1. The first-order chi connectivity index (χ1) is 13.1. The van der Waals surface area contributed by atoms with Crippen molar-refractivity contribution in [2.75, 3.05) is 6.61 Å². The first kappa shape index (κ1) is 17.8. The van der Waals surface area contributed by atoms with E-state index in [4.69, 9.17) is 4.74 Å². The van der Waals surface area contributed by atoms with E-state index < -0.39 is 5.54 Å². The molecule has 0 aliphatic heterocycles. The standard InChI is InChI=1S/C23H25NO3/c1-2-27-22(26)23(24-15-25,13-16-3-5-18-7-9-20(18)11-16)14-17-4-6-19-8-10-21(19)12-17/h3-6,11-12,15H,2,7-10,13-14H2,1H3,(H,24,25). The smallest absolute Gasteiger partial charge is 0.332 e. The van der Waals surface area contributed by atoms with Crippen molar-refractivity contribution >= 4 is 12.4 Å². The Morgan fingerprint density at radius 1 is 0.963 bits per heavy atom. The minimum Gasteiger partial charge on any atom is -0.464 e. The van der Waals surface area contributed by atoms with Crippen LogP contribution in [0.15, 0.2) is 36.4 Å². The third kappa shape index (κ3) is 3.36. The Morgan fingerprint density at radius 3 is 1.85 bits per heavy atom. The molecule has 1 amide bonds. The van der Waals surface area contributed by atoms with Gasteiger partial charge in [-0.05, 0) is 66.0 Å². The monoisotopic (exact) mass is 363 g/mol. The molecule has 0 heterocycles. The Balaban J connectivity index is 1.67. The maximum absolute atomic E-state index is 13.0. The molecule has 2 aromatic carbocycles. The number of ether oxygens (including phenoxy) is 1. The molecule has 2 aliphatic carbocycles. The van der Waals surface area contributed by atoms with Crippen LogP contribution in [0.25, 0.3) is 0 Å². The zero-order valence-corrected chi connectivity index (χ0v) is 15.7. The Morgan fingerprint density at radius 2 is 1.48 bits per heavy atom. The Kier molecular flexibility index (Phi) is 4.73. The van der Waals surface area contributed by atoms with Gasteiger partial charge in [-0.25, -0.2) is 4.79 Å². The summed E-state index contributed by atoms with van der Waals surface area (Å²) in [6, 6.07) is 12.7. The number of carbonyl (C=O) groups is 2. The predicted octanol–water partition coefficient (Wildman–Crippen LogP) is 2.72. The van der Waals surface area contributed by atoms with Gasteiger partial charge < -0.3 is 10.1 Å². The van der Waals surface area contributed by atoms with Crippen molar-refractivity contribution in [3.63, 3.8) is 0 Å². The molecular weight excluding hydrogens is 338 g/mol. The molecule has 0 spiro atoms. The highest BCUT2D eigenvalue weighted by molar-refractivity contribution is 5.84. The summed E-state index contributed by atoms with van der Waals surface area (Å²) in [6.45, 7) is 2.08. The zero-order chi connectivity index (χ0) is 18.9. The van der Waals surface area contributed by atoms with E-state index in [2.05, 4.69) is 41.7 Å². The molecular formula is C23H25NO3. The van der Waals surface area contributed by atoms with Gasteiger partial charge in [-0.15, -0.1) is 0 Å². The average Bonchev–Trinajstić information content (AvgIpc) is 2.60. The van der Waals surface area contributed by atoms with Gasteiger partial charge in [0.2, 0.25) is 6.41 Å².